The van der Waals surface area contributed by atoms with E-state index in [1.165, 1.54) is 0 Å². The normalized spacial score (nSPS) is 0. The van der Waals surface area contributed by atoms with Gasteiger partial charge in [-0.3, -0.25) is 0 Å². The predicted octanol–water partition coefficient (Wildman–Crippen LogP) is -16.3. The van der Waals surface area contributed by atoms with Crippen LogP contribution in [-0.2, 0) is 67.5 Å². The average molecular weight is 280 g/mol. The van der Waals surface area contributed by atoms with Gasteiger partial charge in [0.05, 0.1) is 0 Å². The fourth-order valence-corrected chi connectivity index (χ4v) is 0. The van der Waals surface area contributed by atoms with Crippen LogP contribution in [0.2, 0.25) is 0 Å². The second-order valence-corrected chi connectivity index (χ2v) is 0. The summed E-state index contributed by atoms with van der Waals surface area (Å²) in [5.41, 5.74) is 0. The van der Waals surface area contributed by atoms with Crippen LogP contribution in [0.4, 0.5) is 0 Å². The van der Waals surface area contributed by atoms with Crippen molar-refractivity contribution in [2.75, 3.05) is 0 Å². The third-order valence-corrected chi connectivity index (χ3v) is 0. The number of hydrogen-bond donors (Lipinski definition) is 0. The minimum atomic E-state index is 0. The Bertz CT molecular complexity index is 10.0. The van der Waals surface area contributed by atoms with Crippen LogP contribution < -0.4 is 148 Å². The molecule has 0 atom stereocenters. The van der Waals surface area contributed by atoms with Crippen LogP contribution in [0.5, 0.6) is 0 Å². The largest absolute Gasteiger partial charge is 1.00 e. The van der Waals surface area contributed by atoms with Crippen LogP contribution in [0.1, 0.15) is 0 Å². The summed E-state index contributed by atoms with van der Waals surface area (Å²) in [4.78, 5) is 0. The SMILES string of the molecule is [Na+].[Na+].[Na+].[Na+].[Na+].[SH-].[SH-].[SH-].[SH-].[SH-]. The molecule has 0 bridgehead atoms. The van der Waals surface area contributed by atoms with Crippen molar-refractivity contribution in [2.24, 2.45) is 0 Å². The Morgan fingerprint density at radius 3 is 0.200 bits per heavy atom. The van der Waals surface area contributed by atoms with Gasteiger partial charge in [0.15, 0.2) is 0 Å². The molecule has 0 radical (unpaired) electrons. The van der Waals surface area contributed by atoms with E-state index in [1.54, 1.807) is 0 Å². The van der Waals surface area contributed by atoms with Crippen LogP contribution in [0.25, 0.3) is 0 Å². The molecule has 0 N–H and O–H groups in total. The summed E-state index contributed by atoms with van der Waals surface area (Å²) in [5, 5.41) is 0. The number of rotatable bonds is 0. The standard InChI is InChI=1S/5Na.5H2S/h;;;;;5*1H2/q5*+1;;;;;/p-5. The Morgan fingerprint density at radius 1 is 0.200 bits per heavy atom. The van der Waals surface area contributed by atoms with E-state index in [1.807, 2.05) is 0 Å². The maximum Gasteiger partial charge on any atom is 1.00 e. The molecule has 0 amide bonds. The predicted molar refractivity (Wildman–Crippen MR) is 43.8 cm³/mol. The van der Waals surface area contributed by atoms with Gasteiger partial charge in [-0.15, -0.1) is 0 Å². The average Bonchev–Trinajstić information content (AvgIpc) is 0. The van der Waals surface area contributed by atoms with Gasteiger partial charge in [-0.1, -0.05) is 0 Å². The summed E-state index contributed by atoms with van der Waals surface area (Å²) in [5.74, 6) is 0. The summed E-state index contributed by atoms with van der Waals surface area (Å²) in [6.45, 7) is 0. The van der Waals surface area contributed by atoms with Crippen molar-refractivity contribution < 1.29 is 148 Å². The third-order valence-electron chi connectivity index (χ3n) is 0. The van der Waals surface area contributed by atoms with E-state index < -0.39 is 0 Å². The smallest absolute Gasteiger partial charge is 0.813 e. The molecule has 0 unspecified atom stereocenters. The van der Waals surface area contributed by atoms with Crippen molar-refractivity contribution in [1.82, 2.24) is 0 Å². The first-order valence-corrected chi connectivity index (χ1v) is 0. The Labute approximate surface area is 209 Å². The van der Waals surface area contributed by atoms with E-state index in [2.05, 4.69) is 0 Å². The third kappa shape index (κ3) is 61.2. The van der Waals surface area contributed by atoms with E-state index in [4.69, 9.17) is 0 Å². The van der Waals surface area contributed by atoms with Crippen molar-refractivity contribution in [3.8, 4) is 0 Å². The molecule has 0 aliphatic heterocycles. The zero-order chi connectivity index (χ0) is 0. The van der Waals surface area contributed by atoms with Gasteiger partial charge < -0.3 is 67.5 Å². The second kappa shape index (κ2) is 75.2. The van der Waals surface area contributed by atoms with Gasteiger partial charge in [0, 0.05) is 0 Å². The topological polar surface area (TPSA) is 0 Å². The molecule has 0 aromatic carbocycles. The van der Waals surface area contributed by atoms with Crippen LogP contribution in [0.3, 0.4) is 0 Å². The van der Waals surface area contributed by atoms with Gasteiger partial charge in [0.1, 0.15) is 0 Å². The van der Waals surface area contributed by atoms with Crippen molar-refractivity contribution in [1.29, 1.82) is 0 Å². The van der Waals surface area contributed by atoms with Crippen LogP contribution in [-0.4, -0.2) is 0 Å². The zero-order valence-corrected chi connectivity index (χ0v) is 21.7. The van der Waals surface area contributed by atoms with Gasteiger partial charge in [0.2, 0.25) is 0 Å². The van der Waals surface area contributed by atoms with Crippen LogP contribution in [0, 0.1) is 0 Å². The second-order valence-electron chi connectivity index (χ2n) is 0. The maximum atomic E-state index is 0. The van der Waals surface area contributed by atoms with Gasteiger partial charge in [0.25, 0.3) is 0 Å². The Morgan fingerprint density at radius 2 is 0.200 bits per heavy atom. The molecule has 0 nitrogen and oxygen atoms in total. The fourth-order valence-electron chi connectivity index (χ4n) is 0. The summed E-state index contributed by atoms with van der Waals surface area (Å²) in [6, 6.07) is 0. The molecule has 0 aliphatic carbocycles. The minimum absolute atomic E-state index is 0. The number of thiol groups is 5. The number of hydrogen-bond acceptors (Lipinski definition) is 5. The monoisotopic (exact) mass is 280 g/mol. The Balaban J connectivity index is 0. The van der Waals surface area contributed by atoms with Crippen molar-refractivity contribution >= 4 is 67.5 Å². The van der Waals surface area contributed by atoms with Crippen molar-refractivity contribution in [3.63, 3.8) is 0 Å². The summed E-state index contributed by atoms with van der Waals surface area (Å²) < 4.78 is 0. The van der Waals surface area contributed by atoms with Gasteiger partial charge in [-0.05, 0) is 0 Å². The Kier molecular flexibility index (Phi) is 686. The molecule has 0 spiro atoms. The minimum Gasteiger partial charge on any atom is -0.813 e. The molecule has 0 saturated carbocycles. The molecular weight excluding hydrogens is 275 g/mol. The van der Waals surface area contributed by atoms with E-state index in [9.17, 15) is 0 Å². The van der Waals surface area contributed by atoms with Gasteiger partial charge >= 0.3 is 148 Å². The first-order chi connectivity index (χ1) is 0. The molecule has 40 valence electrons. The zero-order valence-electron chi connectivity index (χ0n) is 7.24. The summed E-state index contributed by atoms with van der Waals surface area (Å²) in [7, 11) is 0. The van der Waals surface area contributed by atoms with E-state index in [-0.39, 0.29) is 215 Å². The summed E-state index contributed by atoms with van der Waals surface area (Å²) in [6.07, 6.45) is 0. The molecule has 10 heteroatoms. The molecule has 0 aromatic rings. The van der Waals surface area contributed by atoms with Crippen LogP contribution in [0.15, 0.2) is 0 Å². The molecule has 0 heterocycles. The van der Waals surface area contributed by atoms with E-state index >= 15 is 0 Å². The molecule has 0 aliphatic rings. The van der Waals surface area contributed by atoms with Crippen molar-refractivity contribution in [2.45, 2.75) is 0 Å². The molecular formula is H5Na5S5. The van der Waals surface area contributed by atoms with E-state index in [0.29, 0.717) is 0 Å². The quantitative estimate of drug-likeness (QED) is 0.245. The molecule has 0 saturated heterocycles. The molecule has 10 heavy (non-hydrogen) atoms. The first kappa shape index (κ1) is 91.2. The molecule has 0 aromatic heterocycles. The van der Waals surface area contributed by atoms with Gasteiger partial charge in [-0.25, -0.2) is 0 Å². The van der Waals surface area contributed by atoms with Gasteiger partial charge in [-0.2, -0.15) is 0 Å². The molecule has 0 rings (SSSR count). The molecule has 0 fully saturated rings. The van der Waals surface area contributed by atoms with Crippen molar-refractivity contribution in [3.05, 3.63) is 0 Å². The maximum absolute atomic E-state index is 0. The summed E-state index contributed by atoms with van der Waals surface area (Å²) >= 11 is 0. The van der Waals surface area contributed by atoms with E-state index in [0.717, 1.165) is 0 Å². The first-order valence-electron chi connectivity index (χ1n) is 0. The van der Waals surface area contributed by atoms with Crippen LogP contribution >= 0.6 is 0 Å². The Hall–Kier alpha value is 6.75. The fraction of sp³-hybridized carbons (Fsp3) is 0.